The van der Waals surface area contributed by atoms with Crippen LogP contribution in [-0.4, -0.2) is 15.9 Å². The third-order valence-electron chi connectivity index (χ3n) is 3.15. The van der Waals surface area contributed by atoms with Crippen molar-refractivity contribution in [1.29, 1.82) is 0 Å². The molecule has 2 rings (SSSR count). The Labute approximate surface area is 119 Å². The number of imidazole rings is 1. The highest BCUT2D eigenvalue weighted by atomic mass is 16.1. The topological polar surface area (TPSA) is 57.8 Å². The molecule has 0 aliphatic rings. The molecule has 0 fully saturated rings. The molecular formula is C16H21N3O. The number of fused-ring (bicyclic) bond motifs is 1. The predicted octanol–water partition coefficient (Wildman–Crippen LogP) is 3.40. The van der Waals surface area contributed by atoms with Gasteiger partial charge in [0.1, 0.15) is 5.82 Å². The molecule has 0 spiro atoms. The van der Waals surface area contributed by atoms with Crippen molar-refractivity contribution >= 4 is 16.9 Å². The molecule has 106 valence electrons. The third-order valence-corrected chi connectivity index (χ3v) is 3.15. The van der Waals surface area contributed by atoms with Crippen LogP contribution in [0.2, 0.25) is 0 Å². The second kappa shape index (κ2) is 6.37. The smallest absolute Gasteiger partial charge is 0.224 e. The Morgan fingerprint density at radius 1 is 1.45 bits per heavy atom. The normalized spacial score (nSPS) is 12.9. The Kier molecular flexibility index (Phi) is 4.56. The Balaban J connectivity index is 2.05. The highest BCUT2D eigenvalue weighted by Crippen LogP contribution is 2.17. The van der Waals surface area contributed by atoms with Crippen LogP contribution in [0.1, 0.15) is 44.1 Å². The SMILES string of the molecule is CCC=CCC(=O)NC(C)c1nc2ccc(C)cc2[nH]1. The average Bonchev–Trinajstić information content (AvgIpc) is 2.82. The Bertz CT molecular complexity index is 628. The fourth-order valence-corrected chi connectivity index (χ4v) is 2.07. The zero-order valence-corrected chi connectivity index (χ0v) is 12.2. The van der Waals surface area contributed by atoms with Crippen molar-refractivity contribution in [3.05, 3.63) is 41.7 Å². The number of hydrogen-bond acceptors (Lipinski definition) is 2. The van der Waals surface area contributed by atoms with Gasteiger partial charge in [-0.05, 0) is 38.0 Å². The summed E-state index contributed by atoms with van der Waals surface area (Å²) < 4.78 is 0. The minimum Gasteiger partial charge on any atom is -0.346 e. The molecule has 0 saturated carbocycles. The predicted molar refractivity (Wildman–Crippen MR) is 81.4 cm³/mol. The van der Waals surface area contributed by atoms with E-state index in [0.717, 1.165) is 23.3 Å². The van der Waals surface area contributed by atoms with Gasteiger partial charge < -0.3 is 10.3 Å². The van der Waals surface area contributed by atoms with E-state index in [4.69, 9.17) is 0 Å². The number of nitrogens with zero attached hydrogens (tertiary/aromatic N) is 1. The number of aromatic amines is 1. The summed E-state index contributed by atoms with van der Waals surface area (Å²) in [6.07, 6.45) is 5.25. The molecule has 1 heterocycles. The summed E-state index contributed by atoms with van der Waals surface area (Å²) in [5, 5.41) is 2.95. The minimum atomic E-state index is -0.120. The Morgan fingerprint density at radius 3 is 3.00 bits per heavy atom. The maximum absolute atomic E-state index is 11.8. The van der Waals surface area contributed by atoms with Crippen LogP contribution in [0.3, 0.4) is 0 Å². The Hall–Kier alpha value is -2.10. The Morgan fingerprint density at radius 2 is 2.25 bits per heavy atom. The van der Waals surface area contributed by atoms with Crippen molar-refractivity contribution in [2.75, 3.05) is 0 Å². The fraction of sp³-hybridized carbons (Fsp3) is 0.375. The van der Waals surface area contributed by atoms with Gasteiger partial charge in [-0.2, -0.15) is 0 Å². The van der Waals surface area contributed by atoms with Crippen LogP contribution in [0.25, 0.3) is 11.0 Å². The van der Waals surface area contributed by atoms with Crippen LogP contribution in [0.4, 0.5) is 0 Å². The lowest BCUT2D eigenvalue weighted by atomic mass is 10.2. The first kappa shape index (κ1) is 14.3. The van der Waals surface area contributed by atoms with Gasteiger partial charge in [-0.3, -0.25) is 4.79 Å². The van der Waals surface area contributed by atoms with Gasteiger partial charge in [-0.15, -0.1) is 0 Å². The molecule has 0 saturated heterocycles. The van der Waals surface area contributed by atoms with Gasteiger partial charge in [0, 0.05) is 6.42 Å². The van der Waals surface area contributed by atoms with Gasteiger partial charge in [0.05, 0.1) is 17.1 Å². The van der Waals surface area contributed by atoms with Crippen molar-refractivity contribution in [3.63, 3.8) is 0 Å². The molecule has 20 heavy (non-hydrogen) atoms. The van der Waals surface area contributed by atoms with Crippen LogP contribution >= 0.6 is 0 Å². The van der Waals surface area contributed by atoms with Crippen molar-refractivity contribution in [3.8, 4) is 0 Å². The first-order chi connectivity index (χ1) is 9.60. The number of nitrogens with one attached hydrogen (secondary N) is 2. The summed E-state index contributed by atoms with van der Waals surface area (Å²) in [6, 6.07) is 5.96. The van der Waals surface area contributed by atoms with E-state index in [-0.39, 0.29) is 11.9 Å². The molecule has 1 atom stereocenters. The van der Waals surface area contributed by atoms with Crippen molar-refractivity contribution in [2.24, 2.45) is 0 Å². The van der Waals surface area contributed by atoms with Crippen molar-refractivity contribution in [2.45, 2.75) is 39.7 Å². The first-order valence-electron chi connectivity index (χ1n) is 7.00. The molecule has 1 aromatic carbocycles. The molecule has 1 aromatic heterocycles. The van der Waals surface area contributed by atoms with E-state index in [1.165, 1.54) is 5.56 Å². The van der Waals surface area contributed by atoms with Crippen molar-refractivity contribution in [1.82, 2.24) is 15.3 Å². The summed E-state index contributed by atoms with van der Waals surface area (Å²) in [7, 11) is 0. The highest BCUT2D eigenvalue weighted by molar-refractivity contribution is 5.78. The van der Waals surface area contributed by atoms with Gasteiger partial charge in [0.2, 0.25) is 5.91 Å². The van der Waals surface area contributed by atoms with E-state index in [0.29, 0.717) is 6.42 Å². The number of rotatable bonds is 5. The molecule has 0 radical (unpaired) electrons. The van der Waals surface area contributed by atoms with E-state index < -0.39 is 0 Å². The molecule has 4 nitrogen and oxygen atoms in total. The van der Waals surface area contributed by atoms with Crippen LogP contribution < -0.4 is 5.32 Å². The number of hydrogen-bond donors (Lipinski definition) is 2. The number of carbonyl (C=O) groups is 1. The van der Waals surface area contributed by atoms with Gasteiger partial charge in [-0.1, -0.05) is 25.1 Å². The second-order valence-corrected chi connectivity index (χ2v) is 5.02. The highest BCUT2D eigenvalue weighted by Gasteiger charge is 2.12. The standard InChI is InChI=1S/C16H21N3O/c1-4-5-6-7-15(20)17-12(3)16-18-13-9-8-11(2)10-14(13)19-16/h5-6,8-10,12H,4,7H2,1-3H3,(H,17,20)(H,18,19). The quantitative estimate of drug-likeness (QED) is 0.819. The summed E-state index contributed by atoms with van der Waals surface area (Å²) in [5.74, 6) is 0.803. The lowest BCUT2D eigenvalue weighted by molar-refractivity contribution is -0.120. The second-order valence-electron chi connectivity index (χ2n) is 5.02. The fourth-order valence-electron chi connectivity index (χ4n) is 2.07. The average molecular weight is 271 g/mol. The van der Waals surface area contributed by atoms with Gasteiger partial charge >= 0.3 is 0 Å². The maximum Gasteiger partial charge on any atom is 0.224 e. The maximum atomic E-state index is 11.8. The van der Waals surface area contributed by atoms with Gasteiger partial charge in [0.15, 0.2) is 0 Å². The van der Waals surface area contributed by atoms with Gasteiger partial charge in [0.25, 0.3) is 0 Å². The largest absolute Gasteiger partial charge is 0.346 e. The first-order valence-corrected chi connectivity index (χ1v) is 7.00. The summed E-state index contributed by atoms with van der Waals surface area (Å²) >= 11 is 0. The molecule has 1 amide bonds. The molecule has 2 N–H and O–H groups in total. The van der Waals surface area contributed by atoms with Crippen LogP contribution in [0.5, 0.6) is 0 Å². The van der Waals surface area contributed by atoms with E-state index in [1.807, 2.05) is 45.1 Å². The number of amides is 1. The summed E-state index contributed by atoms with van der Waals surface area (Å²) in [5.41, 5.74) is 3.12. The molecule has 2 aromatic rings. The number of H-pyrrole nitrogens is 1. The van der Waals surface area contributed by atoms with Crippen LogP contribution in [0.15, 0.2) is 30.4 Å². The van der Waals surface area contributed by atoms with E-state index in [2.05, 4.69) is 21.4 Å². The molecule has 0 aliphatic heterocycles. The van der Waals surface area contributed by atoms with Crippen molar-refractivity contribution < 1.29 is 4.79 Å². The number of benzene rings is 1. The third kappa shape index (κ3) is 3.47. The molecular weight excluding hydrogens is 250 g/mol. The molecule has 1 unspecified atom stereocenters. The number of carbonyl (C=O) groups excluding carboxylic acids is 1. The van der Waals surface area contributed by atoms with Gasteiger partial charge in [-0.25, -0.2) is 4.98 Å². The van der Waals surface area contributed by atoms with E-state index >= 15 is 0 Å². The summed E-state index contributed by atoms with van der Waals surface area (Å²) in [4.78, 5) is 19.5. The van der Waals surface area contributed by atoms with Crippen LogP contribution in [0, 0.1) is 6.92 Å². The molecule has 0 bridgehead atoms. The lowest BCUT2D eigenvalue weighted by Gasteiger charge is -2.10. The minimum absolute atomic E-state index is 0.0128. The van der Waals surface area contributed by atoms with Crippen LogP contribution in [-0.2, 0) is 4.79 Å². The lowest BCUT2D eigenvalue weighted by Crippen LogP contribution is -2.26. The number of aromatic nitrogens is 2. The monoisotopic (exact) mass is 271 g/mol. The van der Waals surface area contributed by atoms with E-state index in [9.17, 15) is 4.79 Å². The van der Waals surface area contributed by atoms with E-state index in [1.54, 1.807) is 0 Å². The number of aryl methyl sites for hydroxylation is 1. The zero-order chi connectivity index (χ0) is 14.5. The summed E-state index contributed by atoms with van der Waals surface area (Å²) in [6.45, 7) is 6.03. The number of allylic oxidation sites excluding steroid dienone is 1. The molecule has 0 aliphatic carbocycles. The zero-order valence-electron chi connectivity index (χ0n) is 12.2. The molecule has 4 heteroatoms.